The fraction of sp³-hybridized carbons (Fsp3) is 0.471. The second-order valence-corrected chi connectivity index (χ2v) is 5.74. The van der Waals surface area contributed by atoms with Crippen molar-refractivity contribution in [3.05, 3.63) is 35.4 Å². The molecule has 0 atom stereocenters. The van der Waals surface area contributed by atoms with Crippen LogP contribution in [0.3, 0.4) is 0 Å². The minimum absolute atomic E-state index is 0.00219. The van der Waals surface area contributed by atoms with Crippen molar-refractivity contribution in [3.63, 3.8) is 0 Å². The van der Waals surface area contributed by atoms with E-state index in [1.54, 1.807) is 9.80 Å². The van der Waals surface area contributed by atoms with E-state index >= 15 is 0 Å². The zero-order valence-electron chi connectivity index (χ0n) is 13.2. The maximum Gasteiger partial charge on any atom is 0.253 e. The number of hydrogen-bond acceptors (Lipinski definition) is 3. The second kappa shape index (κ2) is 7.20. The summed E-state index contributed by atoms with van der Waals surface area (Å²) in [4.78, 5) is 38.8. The van der Waals surface area contributed by atoms with Crippen molar-refractivity contribution in [2.24, 2.45) is 0 Å². The predicted molar refractivity (Wildman–Crippen MR) is 83.6 cm³/mol. The predicted octanol–water partition coefficient (Wildman–Crippen LogP) is 1.65. The number of benzene rings is 1. The highest BCUT2D eigenvalue weighted by molar-refractivity contribution is 5.94. The molecule has 0 aliphatic carbocycles. The van der Waals surface area contributed by atoms with Gasteiger partial charge in [0.05, 0.1) is 0 Å². The molecule has 0 bridgehead atoms. The molecule has 0 aromatic heterocycles. The van der Waals surface area contributed by atoms with Gasteiger partial charge in [-0.2, -0.15) is 0 Å². The van der Waals surface area contributed by atoms with E-state index in [-0.39, 0.29) is 24.0 Å². The monoisotopic (exact) mass is 302 g/mol. The molecule has 2 rings (SSSR count). The number of carbonyl (C=O) groups is 3. The first-order chi connectivity index (χ1) is 10.5. The minimum atomic E-state index is -0.00219. The molecule has 1 fully saturated rings. The Morgan fingerprint density at radius 1 is 0.909 bits per heavy atom. The van der Waals surface area contributed by atoms with E-state index in [4.69, 9.17) is 0 Å². The van der Waals surface area contributed by atoms with Crippen molar-refractivity contribution in [1.82, 2.24) is 9.80 Å². The number of amides is 2. The van der Waals surface area contributed by atoms with Crippen molar-refractivity contribution in [1.29, 1.82) is 0 Å². The first kappa shape index (κ1) is 16.2. The summed E-state index contributed by atoms with van der Waals surface area (Å²) >= 11 is 0. The third-order valence-electron chi connectivity index (χ3n) is 3.91. The van der Waals surface area contributed by atoms with Gasteiger partial charge in [-0.3, -0.25) is 9.59 Å². The van der Waals surface area contributed by atoms with Crippen LogP contribution in [0.2, 0.25) is 0 Å². The van der Waals surface area contributed by atoms with Gasteiger partial charge in [-0.05, 0) is 26.0 Å². The molecule has 0 radical (unpaired) electrons. The molecule has 1 saturated heterocycles. The maximum atomic E-state index is 12.4. The standard InChI is InChI=1S/C17H22N2O3/c1-13-3-6-15(7-4-13)17(22)19-11-9-18(10-12-19)16(21)8-5-14(2)20/h3-4,6-7H,5,8-12H2,1-2H3. The molecule has 5 nitrogen and oxygen atoms in total. The number of hydrogen-bond donors (Lipinski definition) is 0. The number of ketones is 1. The Labute approximate surface area is 130 Å². The molecule has 22 heavy (non-hydrogen) atoms. The van der Waals surface area contributed by atoms with Crippen LogP contribution in [0.25, 0.3) is 0 Å². The van der Waals surface area contributed by atoms with Crippen LogP contribution in [0.5, 0.6) is 0 Å². The highest BCUT2D eigenvalue weighted by Gasteiger charge is 2.24. The van der Waals surface area contributed by atoms with E-state index in [1.807, 2.05) is 31.2 Å². The van der Waals surface area contributed by atoms with E-state index in [9.17, 15) is 14.4 Å². The van der Waals surface area contributed by atoms with Crippen LogP contribution in [0.4, 0.5) is 0 Å². The van der Waals surface area contributed by atoms with Gasteiger partial charge in [-0.25, -0.2) is 0 Å². The Bertz CT molecular complexity index is 558. The van der Waals surface area contributed by atoms with Gasteiger partial charge in [0.15, 0.2) is 0 Å². The zero-order valence-corrected chi connectivity index (χ0v) is 13.2. The largest absolute Gasteiger partial charge is 0.339 e. The van der Waals surface area contributed by atoms with E-state index in [1.165, 1.54) is 6.92 Å². The third-order valence-corrected chi connectivity index (χ3v) is 3.91. The maximum absolute atomic E-state index is 12.4. The molecule has 0 unspecified atom stereocenters. The SMILES string of the molecule is CC(=O)CCC(=O)N1CCN(C(=O)c2ccc(C)cc2)CC1. The highest BCUT2D eigenvalue weighted by atomic mass is 16.2. The first-order valence-corrected chi connectivity index (χ1v) is 7.60. The van der Waals surface area contributed by atoms with Crippen molar-refractivity contribution >= 4 is 17.6 Å². The van der Waals surface area contributed by atoms with Crippen molar-refractivity contribution in [3.8, 4) is 0 Å². The fourth-order valence-corrected chi connectivity index (χ4v) is 2.48. The molecular weight excluding hydrogens is 280 g/mol. The Balaban J connectivity index is 1.86. The summed E-state index contributed by atoms with van der Waals surface area (Å²) in [7, 11) is 0. The van der Waals surface area contributed by atoms with Gasteiger partial charge < -0.3 is 14.6 Å². The number of Topliss-reactive ketones (excluding diaryl/α,β-unsaturated/α-hetero) is 1. The summed E-state index contributed by atoms with van der Waals surface area (Å²) in [5, 5.41) is 0. The lowest BCUT2D eigenvalue weighted by Gasteiger charge is -2.34. The molecule has 118 valence electrons. The van der Waals surface area contributed by atoms with E-state index in [0.717, 1.165) is 5.56 Å². The van der Waals surface area contributed by atoms with Gasteiger partial charge >= 0.3 is 0 Å². The van der Waals surface area contributed by atoms with Gasteiger partial charge in [0.25, 0.3) is 5.91 Å². The van der Waals surface area contributed by atoms with Gasteiger partial charge in [-0.15, -0.1) is 0 Å². The lowest BCUT2D eigenvalue weighted by Crippen LogP contribution is -2.50. The number of nitrogens with zero attached hydrogens (tertiary/aromatic N) is 2. The molecule has 1 aliphatic heterocycles. The van der Waals surface area contributed by atoms with Crippen LogP contribution >= 0.6 is 0 Å². The molecule has 2 amide bonds. The Hall–Kier alpha value is -2.17. The number of piperazine rings is 1. The summed E-state index contributed by atoms with van der Waals surface area (Å²) in [5.74, 6) is 0.0370. The lowest BCUT2D eigenvalue weighted by molar-refractivity contribution is -0.134. The minimum Gasteiger partial charge on any atom is -0.339 e. The molecule has 1 aromatic rings. The Kier molecular flexibility index (Phi) is 5.31. The first-order valence-electron chi connectivity index (χ1n) is 7.60. The van der Waals surface area contributed by atoms with E-state index < -0.39 is 0 Å². The highest BCUT2D eigenvalue weighted by Crippen LogP contribution is 2.11. The number of rotatable bonds is 4. The molecule has 1 aliphatic rings. The van der Waals surface area contributed by atoms with Crippen LogP contribution in [0, 0.1) is 6.92 Å². The second-order valence-electron chi connectivity index (χ2n) is 5.74. The van der Waals surface area contributed by atoms with Gasteiger partial charge in [0, 0.05) is 44.6 Å². The molecule has 5 heteroatoms. The summed E-state index contributed by atoms with van der Waals surface area (Å²) in [5.41, 5.74) is 1.80. The molecule has 0 N–H and O–H groups in total. The van der Waals surface area contributed by atoms with Crippen LogP contribution in [0.1, 0.15) is 35.7 Å². The van der Waals surface area contributed by atoms with Crippen molar-refractivity contribution in [2.45, 2.75) is 26.7 Å². The molecule has 0 saturated carbocycles. The van der Waals surface area contributed by atoms with Gasteiger partial charge in [0.1, 0.15) is 5.78 Å². The van der Waals surface area contributed by atoms with Gasteiger partial charge in [-0.1, -0.05) is 17.7 Å². The molecular formula is C17H22N2O3. The van der Waals surface area contributed by atoms with Crippen LogP contribution in [-0.4, -0.2) is 53.6 Å². The summed E-state index contributed by atoms with van der Waals surface area (Å²) in [6.45, 7) is 5.63. The number of carbonyl (C=O) groups excluding carboxylic acids is 3. The van der Waals surface area contributed by atoms with Crippen LogP contribution in [-0.2, 0) is 9.59 Å². The smallest absolute Gasteiger partial charge is 0.253 e. The molecule has 1 heterocycles. The third kappa shape index (κ3) is 4.16. The van der Waals surface area contributed by atoms with Crippen molar-refractivity contribution in [2.75, 3.05) is 26.2 Å². The van der Waals surface area contributed by atoms with Crippen LogP contribution < -0.4 is 0 Å². The zero-order chi connectivity index (χ0) is 16.1. The van der Waals surface area contributed by atoms with Gasteiger partial charge in [0.2, 0.25) is 5.91 Å². The topological polar surface area (TPSA) is 57.7 Å². The summed E-state index contributed by atoms with van der Waals surface area (Å²) in [6.07, 6.45) is 0.558. The molecule has 1 aromatic carbocycles. The van der Waals surface area contributed by atoms with Crippen molar-refractivity contribution < 1.29 is 14.4 Å². The molecule has 0 spiro atoms. The Morgan fingerprint density at radius 2 is 1.45 bits per heavy atom. The van der Waals surface area contributed by atoms with E-state index in [2.05, 4.69) is 0 Å². The normalized spacial score (nSPS) is 14.8. The fourth-order valence-electron chi connectivity index (χ4n) is 2.48. The quantitative estimate of drug-likeness (QED) is 0.850. The van der Waals surface area contributed by atoms with E-state index in [0.29, 0.717) is 38.2 Å². The lowest BCUT2D eigenvalue weighted by atomic mass is 10.1. The van der Waals surface area contributed by atoms with Crippen LogP contribution in [0.15, 0.2) is 24.3 Å². The average molecular weight is 302 g/mol. The Morgan fingerprint density at radius 3 is 2.00 bits per heavy atom. The number of aryl methyl sites for hydroxylation is 1. The average Bonchev–Trinajstić information content (AvgIpc) is 2.53. The summed E-state index contributed by atoms with van der Waals surface area (Å²) < 4.78 is 0. The summed E-state index contributed by atoms with van der Waals surface area (Å²) in [6, 6.07) is 7.52.